The molecule has 0 radical (unpaired) electrons. The highest BCUT2D eigenvalue weighted by Gasteiger charge is 2.20. The standard InChI is InChI=1S/C13H20N4O4/c1-10(9-16-5-7-21-8-6-16)14-13-11(17(18)19)3-4-12(15-13)20-2/h3-4,10H,5-9H2,1-2H3,(H,14,15). The largest absolute Gasteiger partial charge is 0.481 e. The Balaban J connectivity index is 2.04. The molecule has 1 fully saturated rings. The van der Waals surface area contributed by atoms with Crippen LogP contribution in [-0.4, -0.2) is 60.8 Å². The van der Waals surface area contributed by atoms with Gasteiger partial charge in [0.05, 0.1) is 25.2 Å². The fraction of sp³-hybridized carbons (Fsp3) is 0.615. The summed E-state index contributed by atoms with van der Waals surface area (Å²) in [5, 5.41) is 14.1. The molecule has 1 N–H and O–H groups in total. The van der Waals surface area contributed by atoms with Gasteiger partial charge < -0.3 is 14.8 Å². The van der Waals surface area contributed by atoms with Gasteiger partial charge in [-0.3, -0.25) is 15.0 Å². The lowest BCUT2D eigenvalue weighted by Crippen LogP contribution is -2.42. The molecule has 1 unspecified atom stereocenters. The van der Waals surface area contributed by atoms with Crippen LogP contribution in [0.1, 0.15) is 6.92 Å². The zero-order valence-corrected chi connectivity index (χ0v) is 12.2. The van der Waals surface area contributed by atoms with E-state index in [4.69, 9.17) is 9.47 Å². The van der Waals surface area contributed by atoms with Gasteiger partial charge >= 0.3 is 5.69 Å². The number of morpholine rings is 1. The maximum Gasteiger partial charge on any atom is 0.311 e. The van der Waals surface area contributed by atoms with Crippen LogP contribution >= 0.6 is 0 Å². The van der Waals surface area contributed by atoms with E-state index in [1.165, 1.54) is 19.2 Å². The van der Waals surface area contributed by atoms with Gasteiger partial charge in [-0.2, -0.15) is 4.98 Å². The maximum atomic E-state index is 11.1. The van der Waals surface area contributed by atoms with Gasteiger partial charge in [0.15, 0.2) is 0 Å². The third-order valence-corrected chi connectivity index (χ3v) is 3.27. The van der Waals surface area contributed by atoms with Crippen LogP contribution in [0.2, 0.25) is 0 Å². The molecule has 2 rings (SSSR count). The summed E-state index contributed by atoms with van der Waals surface area (Å²) in [5.41, 5.74) is -0.0513. The second kappa shape index (κ2) is 7.19. The normalized spacial score (nSPS) is 17.2. The number of hydrogen-bond acceptors (Lipinski definition) is 7. The zero-order chi connectivity index (χ0) is 15.2. The molecular formula is C13H20N4O4. The lowest BCUT2D eigenvalue weighted by Gasteiger charge is -2.29. The van der Waals surface area contributed by atoms with Crippen LogP contribution in [0.25, 0.3) is 0 Å². The molecule has 1 atom stereocenters. The fourth-order valence-electron chi connectivity index (χ4n) is 2.25. The minimum atomic E-state index is -0.448. The second-order valence-corrected chi connectivity index (χ2v) is 4.94. The molecular weight excluding hydrogens is 276 g/mol. The van der Waals surface area contributed by atoms with E-state index in [2.05, 4.69) is 15.2 Å². The molecule has 1 aliphatic rings. The number of aromatic nitrogens is 1. The highest BCUT2D eigenvalue weighted by molar-refractivity contribution is 5.57. The average Bonchev–Trinajstić information content (AvgIpc) is 2.47. The van der Waals surface area contributed by atoms with Crippen molar-refractivity contribution in [2.24, 2.45) is 0 Å². The summed E-state index contributed by atoms with van der Waals surface area (Å²) in [6, 6.07) is 2.91. The third-order valence-electron chi connectivity index (χ3n) is 3.27. The van der Waals surface area contributed by atoms with Gasteiger partial charge in [0.2, 0.25) is 11.7 Å². The molecule has 1 aliphatic heterocycles. The van der Waals surface area contributed by atoms with Crippen molar-refractivity contribution in [1.29, 1.82) is 0 Å². The van der Waals surface area contributed by atoms with Crippen LogP contribution in [0.15, 0.2) is 12.1 Å². The summed E-state index contributed by atoms with van der Waals surface area (Å²) in [6.07, 6.45) is 0. The topological polar surface area (TPSA) is 89.8 Å². The Morgan fingerprint density at radius 1 is 1.52 bits per heavy atom. The Hall–Kier alpha value is -1.93. The first-order chi connectivity index (χ1) is 10.1. The molecule has 116 valence electrons. The Kier molecular flexibility index (Phi) is 5.29. The van der Waals surface area contributed by atoms with Crippen molar-refractivity contribution in [3.63, 3.8) is 0 Å². The van der Waals surface area contributed by atoms with Crippen LogP contribution < -0.4 is 10.1 Å². The number of methoxy groups -OCH3 is 1. The molecule has 8 heteroatoms. The van der Waals surface area contributed by atoms with Gasteiger partial charge in [-0.25, -0.2) is 0 Å². The molecule has 8 nitrogen and oxygen atoms in total. The third kappa shape index (κ3) is 4.27. The second-order valence-electron chi connectivity index (χ2n) is 4.94. The molecule has 0 bridgehead atoms. The number of nitro groups is 1. The van der Waals surface area contributed by atoms with Crippen LogP contribution in [0.3, 0.4) is 0 Å². The first kappa shape index (κ1) is 15.5. The first-order valence-corrected chi connectivity index (χ1v) is 6.86. The minimum Gasteiger partial charge on any atom is -0.481 e. The van der Waals surface area contributed by atoms with E-state index in [1.807, 2.05) is 6.92 Å². The smallest absolute Gasteiger partial charge is 0.311 e. The Labute approximate surface area is 123 Å². The molecule has 0 aromatic carbocycles. The number of ether oxygens (including phenoxy) is 2. The summed E-state index contributed by atoms with van der Waals surface area (Å²) < 4.78 is 10.3. The van der Waals surface area contributed by atoms with Gasteiger partial charge in [-0.05, 0) is 6.92 Å². The van der Waals surface area contributed by atoms with Crippen LogP contribution in [0.4, 0.5) is 11.5 Å². The summed E-state index contributed by atoms with van der Waals surface area (Å²) in [6.45, 7) is 5.95. The molecule has 0 saturated carbocycles. The number of nitrogens with zero attached hydrogens (tertiary/aromatic N) is 3. The highest BCUT2D eigenvalue weighted by Crippen LogP contribution is 2.25. The first-order valence-electron chi connectivity index (χ1n) is 6.86. The van der Waals surface area contributed by atoms with Crippen molar-refractivity contribution >= 4 is 11.5 Å². The molecule has 0 aliphatic carbocycles. The van der Waals surface area contributed by atoms with E-state index >= 15 is 0 Å². The number of anilines is 1. The van der Waals surface area contributed by atoms with Crippen LogP contribution in [0, 0.1) is 10.1 Å². The monoisotopic (exact) mass is 296 g/mol. The van der Waals surface area contributed by atoms with Crippen molar-refractivity contribution < 1.29 is 14.4 Å². The lowest BCUT2D eigenvalue weighted by atomic mass is 10.2. The predicted molar refractivity (Wildman–Crippen MR) is 77.8 cm³/mol. The van der Waals surface area contributed by atoms with Crippen LogP contribution in [0.5, 0.6) is 5.88 Å². The Morgan fingerprint density at radius 3 is 2.86 bits per heavy atom. The number of hydrogen-bond donors (Lipinski definition) is 1. The van der Waals surface area contributed by atoms with Crippen molar-refractivity contribution in [3.8, 4) is 5.88 Å². The van der Waals surface area contributed by atoms with Gasteiger partial charge in [0, 0.05) is 37.8 Å². The van der Waals surface area contributed by atoms with Gasteiger partial charge in [-0.15, -0.1) is 0 Å². The summed E-state index contributed by atoms with van der Waals surface area (Å²) in [7, 11) is 1.48. The zero-order valence-electron chi connectivity index (χ0n) is 12.2. The molecule has 1 aromatic heterocycles. The number of rotatable bonds is 6. The van der Waals surface area contributed by atoms with E-state index in [0.29, 0.717) is 5.88 Å². The maximum absolute atomic E-state index is 11.1. The average molecular weight is 296 g/mol. The number of nitrogens with one attached hydrogen (secondary N) is 1. The predicted octanol–water partition coefficient (Wildman–Crippen LogP) is 1.13. The van der Waals surface area contributed by atoms with Crippen molar-refractivity contribution in [2.45, 2.75) is 13.0 Å². The van der Waals surface area contributed by atoms with Gasteiger partial charge in [0.1, 0.15) is 0 Å². The SMILES string of the molecule is COc1ccc([N+](=O)[O-])c(NC(C)CN2CCOCC2)n1. The Bertz CT molecular complexity index is 491. The summed E-state index contributed by atoms with van der Waals surface area (Å²) >= 11 is 0. The van der Waals surface area contributed by atoms with E-state index in [9.17, 15) is 10.1 Å². The van der Waals surface area contributed by atoms with Gasteiger partial charge in [0.25, 0.3) is 0 Å². The van der Waals surface area contributed by atoms with Crippen molar-refractivity contribution in [1.82, 2.24) is 9.88 Å². The van der Waals surface area contributed by atoms with E-state index < -0.39 is 4.92 Å². The lowest BCUT2D eigenvalue weighted by molar-refractivity contribution is -0.384. The van der Waals surface area contributed by atoms with E-state index in [0.717, 1.165) is 32.8 Å². The van der Waals surface area contributed by atoms with E-state index in [-0.39, 0.29) is 17.5 Å². The van der Waals surface area contributed by atoms with Gasteiger partial charge in [-0.1, -0.05) is 0 Å². The Morgan fingerprint density at radius 2 is 2.24 bits per heavy atom. The summed E-state index contributed by atoms with van der Waals surface area (Å²) in [4.78, 5) is 17.0. The highest BCUT2D eigenvalue weighted by atomic mass is 16.6. The molecule has 1 saturated heterocycles. The molecule has 21 heavy (non-hydrogen) atoms. The van der Waals surface area contributed by atoms with E-state index in [1.54, 1.807) is 0 Å². The van der Waals surface area contributed by atoms with Crippen molar-refractivity contribution in [2.75, 3.05) is 45.3 Å². The molecule has 0 spiro atoms. The number of pyridine rings is 1. The van der Waals surface area contributed by atoms with Crippen molar-refractivity contribution in [3.05, 3.63) is 22.2 Å². The van der Waals surface area contributed by atoms with Crippen LogP contribution in [-0.2, 0) is 4.74 Å². The summed E-state index contributed by atoms with van der Waals surface area (Å²) in [5.74, 6) is 0.585. The molecule has 0 amide bonds. The molecule has 1 aromatic rings. The minimum absolute atomic E-state index is 0.0291. The molecule has 2 heterocycles. The quantitative estimate of drug-likeness (QED) is 0.621. The fourth-order valence-corrected chi connectivity index (χ4v) is 2.25.